The summed E-state index contributed by atoms with van der Waals surface area (Å²) >= 11 is 5.70. The van der Waals surface area contributed by atoms with Crippen molar-refractivity contribution >= 4 is 11.6 Å². The van der Waals surface area contributed by atoms with Crippen molar-refractivity contribution in [2.24, 2.45) is 0 Å². The molecule has 1 aromatic heterocycles. The first kappa shape index (κ1) is 12.5. The number of methoxy groups -OCH3 is 1. The summed E-state index contributed by atoms with van der Waals surface area (Å²) in [6.45, 7) is 3.94. The summed E-state index contributed by atoms with van der Waals surface area (Å²) in [5.41, 5.74) is 2.97. The minimum absolute atomic E-state index is 0. The van der Waals surface area contributed by atoms with Gasteiger partial charge in [0, 0.05) is 17.3 Å². The van der Waals surface area contributed by atoms with Crippen molar-refractivity contribution in [2.75, 3.05) is 7.11 Å². The first-order valence-electron chi connectivity index (χ1n) is 3.75. The number of rotatable bonds is 2. The maximum atomic E-state index is 5.70. The maximum absolute atomic E-state index is 5.70. The van der Waals surface area contributed by atoms with Crippen LogP contribution in [0.1, 0.15) is 16.8 Å². The molecule has 0 fully saturated rings. The minimum Gasteiger partial charge on any atom is -1.00 e. The molecule has 0 atom stereocenters. The summed E-state index contributed by atoms with van der Waals surface area (Å²) in [7, 11) is 1.66. The number of ether oxygens (including phenoxy) is 1. The lowest BCUT2D eigenvalue weighted by molar-refractivity contribution is -0.00000290. The molecule has 0 unspecified atom stereocenters. The minimum atomic E-state index is 0. The van der Waals surface area contributed by atoms with Crippen LogP contribution in [0.4, 0.5) is 0 Å². The predicted molar refractivity (Wildman–Crippen MR) is 49.8 cm³/mol. The topological polar surface area (TPSA) is 22.1 Å². The van der Waals surface area contributed by atoms with Crippen molar-refractivity contribution in [3.63, 3.8) is 0 Å². The molecule has 0 aliphatic rings. The quantitative estimate of drug-likeness (QED) is 0.625. The highest BCUT2D eigenvalue weighted by Gasteiger charge is 2.07. The Balaban J connectivity index is 0.00000144. The summed E-state index contributed by atoms with van der Waals surface area (Å²) in [5, 5.41) is 0. The molecule has 13 heavy (non-hydrogen) atoms. The predicted octanol–water partition coefficient (Wildman–Crippen LogP) is -0.550. The average Bonchev–Trinajstić information content (AvgIpc) is 2.06. The van der Waals surface area contributed by atoms with Crippen LogP contribution in [0.3, 0.4) is 0 Å². The molecule has 0 saturated heterocycles. The largest absolute Gasteiger partial charge is 1.00 e. The number of pyridine rings is 1. The van der Waals surface area contributed by atoms with E-state index in [9.17, 15) is 0 Å². The lowest BCUT2D eigenvalue weighted by Crippen LogP contribution is -3.00. The first-order valence-corrected chi connectivity index (χ1v) is 4.29. The van der Waals surface area contributed by atoms with E-state index in [0.717, 1.165) is 22.6 Å². The van der Waals surface area contributed by atoms with Gasteiger partial charge in [0.1, 0.15) is 5.75 Å². The van der Waals surface area contributed by atoms with E-state index in [2.05, 4.69) is 4.98 Å². The van der Waals surface area contributed by atoms with Gasteiger partial charge in [-0.2, -0.15) is 0 Å². The van der Waals surface area contributed by atoms with E-state index in [1.54, 1.807) is 13.3 Å². The molecule has 2 nitrogen and oxygen atoms in total. The third-order valence-corrected chi connectivity index (χ3v) is 2.13. The zero-order chi connectivity index (χ0) is 9.14. The van der Waals surface area contributed by atoms with Crippen LogP contribution in [0.2, 0.25) is 0 Å². The second-order valence-electron chi connectivity index (χ2n) is 2.68. The van der Waals surface area contributed by atoms with Gasteiger partial charge in [0.05, 0.1) is 18.7 Å². The van der Waals surface area contributed by atoms with Crippen LogP contribution < -0.4 is 17.1 Å². The normalized spacial score (nSPS) is 9.23. The highest BCUT2D eigenvalue weighted by Crippen LogP contribution is 2.24. The fourth-order valence-corrected chi connectivity index (χ4v) is 1.48. The monoisotopic (exact) mass is 220 g/mol. The van der Waals surface area contributed by atoms with E-state index in [1.165, 1.54) is 0 Å². The molecule has 0 radical (unpaired) electrons. The highest BCUT2D eigenvalue weighted by molar-refractivity contribution is 6.17. The molecule has 74 valence electrons. The molecule has 0 aromatic carbocycles. The molecule has 0 aliphatic heterocycles. The lowest BCUT2D eigenvalue weighted by atomic mass is 10.1. The van der Waals surface area contributed by atoms with Gasteiger partial charge in [-0.1, -0.05) is 0 Å². The first-order chi connectivity index (χ1) is 5.70. The van der Waals surface area contributed by atoms with E-state index in [-0.39, 0.29) is 12.4 Å². The summed E-state index contributed by atoms with van der Waals surface area (Å²) in [4.78, 5) is 4.19. The Bertz CT molecular complexity index is 289. The van der Waals surface area contributed by atoms with E-state index in [4.69, 9.17) is 16.3 Å². The molecular weight excluding hydrogens is 209 g/mol. The van der Waals surface area contributed by atoms with Crippen LogP contribution in [-0.4, -0.2) is 12.1 Å². The van der Waals surface area contributed by atoms with Crippen molar-refractivity contribution in [3.05, 3.63) is 23.0 Å². The van der Waals surface area contributed by atoms with Gasteiger partial charge >= 0.3 is 0 Å². The smallest absolute Gasteiger partial charge is 0.128 e. The molecule has 0 N–H and O–H groups in total. The Morgan fingerprint density at radius 2 is 2.08 bits per heavy atom. The number of alkyl halides is 1. The molecule has 0 amide bonds. The third-order valence-electron chi connectivity index (χ3n) is 1.88. The van der Waals surface area contributed by atoms with Crippen LogP contribution in [0.25, 0.3) is 0 Å². The van der Waals surface area contributed by atoms with Crippen molar-refractivity contribution in [2.45, 2.75) is 19.7 Å². The number of aromatic nitrogens is 1. The Morgan fingerprint density at radius 1 is 1.46 bits per heavy atom. The third kappa shape index (κ3) is 2.48. The van der Waals surface area contributed by atoms with Crippen molar-refractivity contribution in [1.82, 2.24) is 4.98 Å². The summed E-state index contributed by atoms with van der Waals surface area (Å²) in [6, 6.07) is 0. The van der Waals surface area contributed by atoms with Crippen LogP contribution in [0.15, 0.2) is 6.20 Å². The molecule has 1 heterocycles. The van der Waals surface area contributed by atoms with Crippen LogP contribution >= 0.6 is 11.6 Å². The second kappa shape index (κ2) is 5.30. The van der Waals surface area contributed by atoms with Gasteiger partial charge in [-0.3, -0.25) is 4.98 Å². The van der Waals surface area contributed by atoms with Gasteiger partial charge in [0.25, 0.3) is 0 Å². The molecule has 0 aliphatic carbocycles. The fourth-order valence-electron chi connectivity index (χ4n) is 1.21. The van der Waals surface area contributed by atoms with Gasteiger partial charge in [0.15, 0.2) is 0 Å². The van der Waals surface area contributed by atoms with Crippen molar-refractivity contribution in [1.29, 1.82) is 0 Å². The molecule has 1 aromatic rings. The van der Waals surface area contributed by atoms with E-state index >= 15 is 0 Å². The zero-order valence-corrected chi connectivity index (χ0v) is 9.41. The molecule has 4 heteroatoms. The number of hydrogen-bond donors (Lipinski definition) is 0. The van der Waals surface area contributed by atoms with Crippen LogP contribution in [0, 0.1) is 13.8 Å². The van der Waals surface area contributed by atoms with E-state index in [0.29, 0.717) is 5.88 Å². The fraction of sp³-hybridized carbons (Fsp3) is 0.444. The molecule has 0 saturated carbocycles. The molecule has 0 bridgehead atoms. The summed E-state index contributed by atoms with van der Waals surface area (Å²) < 4.78 is 5.22. The number of hydrogen-bond acceptors (Lipinski definition) is 2. The van der Waals surface area contributed by atoms with Gasteiger partial charge in [-0.15, -0.1) is 11.6 Å². The highest BCUT2D eigenvalue weighted by atomic mass is 35.5. The van der Waals surface area contributed by atoms with E-state index in [1.807, 2.05) is 13.8 Å². The van der Waals surface area contributed by atoms with Gasteiger partial charge in [-0.25, -0.2) is 0 Å². The molecule has 1 rings (SSSR count). The SMILES string of the molecule is COc1c(C)cnc(CCl)c1C.[Cl-]. The standard InChI is InChI=1S/C9H12ClNO.ClH/c1-6-5-11-8(4-10)7(2)9(6)12-3;/h5H,4H2,1-3H3;1H/p-1. The second-order valence-corrected chi connectivity index (χ2v) is 2.95. The van der Waals surface area contributed by atoms with Gasteiger partial charge in [-0.05, 0) is 13.8 Å². The number of aryl methyl sites for hydroxylation is 1. The zero-order valence-electron chi connectivity index (χ0n) is 7.90. The number of halogens is 2. The Morgan fingerprint density at radius 3 is 2.54 bits per heavy atom. The van der Waals surface area contributed by atoms with Crippen molar-refractivity contribution in [3.8, 4) is 5.75 Å². The average molecular weight is 221 g/mol. The van der Waals surface area contributed by atoms with Crippen LogP contribution in [-0.2, 0) is 5.88 Å². The molecule has 0 spiro atoms. The van der Waals surface area contributed by atoms with Crippen molar-refractivity contribution < 1.29 is 17.1 Å². The van der Waals surface area contributed by atoms with Gasteiger partial charge < -0.3 is 17.1 Å². The Hall–Kier alpha value is -0.470. The summed E-state index contributed by atoms with van der Waals surface area (Å²) in [6.07, 6.45) is 1.78. The Labute approximate surface area is 89.7 Å². The summed E-state index contributed by atoms with van der Waals surface area (Å²) in [5.74, 6) is 1.32. The molecular formula is C9H12Cl2NO-. The maximum Gasteiger partial charge on any atom is 0.128 e. The Kier molecular flexibility index (Phi) is 5.11. The lowest BCUT2D eigenvalue weighted by Gasteiger charge is -2.09. The number of nitrogens with zero attached hydrogens (tertiary/aromatic N) is 1. The van der Waals surface area contributed by atoms with E-state index < -0.39 is 0 Å². The van der Waals surface area contributed by atoms with Crippen LogP contribution in [0.5, 0.6) is 5.75 Å². The van der Waals surface area contributed by atoms with Gasteiger partial charge in [0.2, 0.25) is 0 Å².